The fourth-order valence-electron chi connectivity index (χ4n) is 3.15. The number of hydrogen-bond donors (Lipinski definition) is 1. The van der Waals surface area contributed by atoms with Gasteiger partial charge in [-0.1, -0.05) is 41.4 Å². The van der Waals surface area contributed by atoms with Gasteiger partial charge in [0, 0.05) is 16.4 Å². The monoisotopic (exact) mass is 414 g/mol. The number of nitrogens with zero attached hydrogens (tertiary/aromatic N) is 1. The molecule has 5 nitrogen and oxygen atoms in total. The zero-order valence-corrected chi connectivity index (χ0v) is 17.2. The van der Waals surface area contributed by atoms with Crippen molar-refractivity contribution >= 4 is 46.4 Å². The van der Waals surface area contributed by atoms with Gasteiger partial charge < -0.3 is 10.1 Å². The van der Waals surface area contributed by atoms with E-state index in [1.807, 2.05) is 31.2 Å². The average Bonchev–Trinajstić information content (AvgIpc) is 2.68. The van der Waals surface area contributed by atoms with Gasteiger partial charge in [0.1, 0.15) is 0 Å². The lowest BCUT2D eigenvalue weighted by Gasteiger charge is -2.37. The summed E-state index contributed by atoms with van der Waals surface area (Å²) in [6.45, 7) is 3.76. The quantitative estimate of drug-likeness (QED) is 0.461. The lowest BCUT2D eigenvalue weighted by atomic mass is 9.91. The summed E-state index contributed by atoms with van der Waals surface area (Å²) in [6, 6.07) is 14.2. The number of ether oxygens (including phenoxy) is 1. The number of aryl methyl sites for hydroxylation is 1. The van der Waals surface area contributed by atoms with Crippen molar-refractivity contribution in [2.45, 2.75) is 19.9 Å². The van der Waals surface area contributed by atoms with Gasteiger partial charge in [-0.05, 0) is 55.9 Å². The Labute approximate surface area is 173 Å². The molecule has 2 aromatic rings. The fraction of sp³-hybridized carbons (Fsp3) is 0.190. The summed E-state index contributed by atoms with van der Waals surface area (Å²) in [4.78, 5) is 26.7. The average molecular weight is 415 g/mol. The first-order chi connectivity index (χ1) is 13.3. The van der Waals surface area contributed by atoms with E-state index in [0.29, 0.717) is 15.8 Å². The molecule has 0 fully saturated rings. The number of rotatable bonds is 4. The molecule has 0 bridgehead atoms. The van der Waals surface area contributed by atoms with Crippen LogP contribution < -0.4 is 10.2 Å². The summed E-state index contributed by atoms with van der Waals surface area (Å²) in [7, 11) is 1.19. The van der Waals surface area contributed by atoms with E-state index in [0.717, 1.165) is 16.8 Å². The molecule has 0 amide bonds. The maximum Gasteiger partial charge on any atom is 0.379 e. The number of anilines is 1. The number of carbonyl (C=O) groups is 2. The lowest BCUT2D eigenvalue weighted by Crippen LogP contribution is -2.48. The van der Waals surface area contributed by atoms with Crippen LogP contribution in [0.4, 0.5) is 5.69 Å². The number of Topliss-reactive ketones (excluding diaryl/α,β-unsaturated/α-hetero) is 1. The first kappa shape index (κ1) is 20.0. The second-order valence-electron chi connectivity index (χ2n) is 6.42. The molecule has 1 heterocycles. The standard InChI is InChI=1S/C21H19ClN2O3S/c1-12-4-10-16(11-5-12)24-13(2)17(19(25)20(26)27-3)18(23-21(24)28)14-6-8-15(22)9-7-14/h4-11,18H,1-3H3,(H,23,28)/t18-/m0/s1. The summed E-state index contributed by atoms with van der Waals surface area (Å²) in [5.74, 6) is -1.64. The van der Waals surface area contributed by atoms with Crippen LogP contribution in [0.2, 0.25) is 5.02 Å². The highest BCUT2D eigenvalue weighted by atomic mass is 35.5. The normalized spacial score (nSPS) is 16.6. The van der Waals surface area contributed by atoms with Crippen molar-refractivity contribution in [2.75, 3.05) is 12.0 Å². The van der Waals surface area contributed by atoms with Crippen LogP contribution in [0.5, 0.6) is 0 Å². The number of methoxy groups -OCH3 is 1. The molecular formula is C21H19ClN2O3S. The largest absolute Gasteiger partial charge is 0.463 e. The molecule has 0 saturated heterocycles. The van der Waals surface area contributed by atoms with Crippen LogP contribution in [0.25, 0.3) is 0 Å². The van der Waals surface area contributed by atoms with Gasteiger partial charge in [0.15, 0.2) is 5.11 Å². The second kappa shape index (κ2) is 8.12. The van der Waals surface area contributed by atoms with E-state index in [2.05, 4.69) is 10.1 Å². The van der Waals surface area contributed by atoms with Crippen LogP contribution in [0.1, 0.15) is 24.1 Å². The maximum atomic E-state index is 12.9. The first-order valence-corrected chi connectivity index (χ1v) is 9.38. The Morgan fingerprint density at radius 2 is 1.68 bits per heavy atom. The van der Waals surface area contributed by atoms with E-state index in [-0.39, 0.29) is 5.57 Å². The Morgan fingerprint density at radius 1 is 1.07 bits per heavy atom. The van der Waals surface area contributed by atoms with Gasteiger partial charge in [-0.2, -0.15) is 0 Å². The predicted octanol–water partition coefficient (Wildman–Crippen LogP) is 4.10. The van der Waals surface area contributed by atoms with Gasteiger partial charge in [0.2, 0.25) is 0 Å². The first-order valence-electron chi connectivity index (χ1n) is 8.59. The summed E-state index contributed by atoms with van der Waals surface area (Å²) in [5.41, 5.74) is 3.52. The lowest BCUT2D eigenvalue weighted by molar-refractivity contribution is -0.150. The van der Waals surface area contributed by atoms with Crippen molar-refractivity contribution in [3.8, 4) is 0 Å². The van der Waals surface area contributed by atoms with E-state index in [9.17, 15) is 9.59 Å². The van der Waals surface area contributed by atoms with Crippen LogP contribution in [-0.2, 0) is 14.3 Å². The molecule has 7 heteroatoms. The zero-order chi connectivity index (χ0) is 20.4. The number of benzene rings is 2. The Morgan fingerprint density at radius 3 is 2.25 bits per heavy atom. The summed E-state index contributed by atoms with van der Waals surface area (Å²) >= 11 is 11.6. The third-order valence-electron chi connectivity index (χ3n) is 4.60. The fourth-order valence-corrected chi connectivity index (χ4v) is 3.64. The topological polar surface area (TPSA) is 58.6 Å². The molecule has 1 aliphatic rings. The Hall–Kier alpha value is -2.70. The van der Waals surface area contributed by atoms with E-state index in [1.165, 1.54) is 7.11 Å². The molecule has 0 unspecified atom stereocenters. The van der Waals surface area contributed by atoms with Crippen molar-refractivity contribution < 1.29 is 14.3 Å². The molecule has 0 aliphatic carbocycles. The van der Waals surface area contributed by atoms with E-state index in [1.54, 1.807) is 36.1 Å². The summed E-state index contributed by atoms with van der Waals surface area (Å²) in [6.07, 6.45) is 0. The molecule has 3 rings (SSSR count). The van der Waals surface area contributed by atoms with Crippen LogP contribution in [0.3, 0.4) is 0 Å². The van der Waals surface area contributed by atoms with Crippen molar-refractivity contribution in [1.29, 1.82) is 0 Å². The summed E-state index contributed by atoms with van der Waals surface area (Å²) in [5, 5.41) is 4.19. The van der Waals surface area contributed by atoms with Crippen molar-refractivity contribution in [3.63, 3.8) is 0 Å². The van der Waals surface area contributed by atoms with Gasteiger partial charge in [-0.25, -0.2) is 4.79 Å². The molecule has 0 spiro atoms. The molecule has 0 saturated carbocycles. The minimum atomic E-state index is -0.924. The zero-order valence-electron chi connectivity index (χ0n) is 15.7. The van der Waals surface area contributed by atoms with Crippen LogP contribution in [0, 0.1) is 6.92 Å². The van der Waals surface area contributed by atoms with Gasteiger partial charge in [0.25, 0.3) is 5.78 Å². The number of allylic oxidation sites excluding steroid dienone is 1. The van der Waals surface area contributed by atoms with Crippen molar-refractivity contribution in [2.24, 2.45) is 0 Å². The van der Waals surface area contributed by atoms with E-state index >= 15 is 0 Å². The molecular weight excluding hydrogens is 396 g/mol. The molecule has 1 N–H and O–H groups in total. The number of thiocarbonyl (C=S) groups is 1. The van der Waals surface area contributed by atoms with Crippen molar-refractivity contribution in [1.82, 2.24) is 5.32 Å². The Bertz CT molecular complexity index is 968. The number of ketones is 1. The van der Waals surface area contributed by atoms with Crippen molar-refractivity contribution in [3.05, 3.63) is 76.0 Å². The molecule has 1 atom stereocenters. The highest BCUT2D eigenvalue weighted by Gasteiger charge is 2.37. The SMILES string of the molecule is COC(=O)C(=O)C1=C(C)N(c2ccc(C)cc2)C(=S)N[C@H]1c1ccc(Cl)cc1. The Kier molecular flexibility index (Phi) is 5.82. The molecule has 1 aliphatic heterocycles. The maximum absolute atomic E-state index is 12.9. The summed E-state index contributed by atoms with van der Waals surface area (Å²) < 4.78 is 4.68. The molecule has 0 radical (unpaired) electrons. The van der Waals surface area contributed by atoms with E-state index < -0.39 is 17.8 Å². The minimum absolute atomic E-state index is 0.281. The van der Waals surface area contributed by atoms with Gasteiger partial charge in [-0.15, -0.1) is 0 Å². The molecule has 144 valence electrons. The number of esters is 1. The van der Waals surface area contributed by atoms with Crippen LogP contribution in [-0.4, -0.2) is 24.0 Å². The van der Waals surface area contributed by atoms with E-state index in [4.69, 9.17) is 23.8 Å². The highest BCUT2D eigenvalue weighted by Crippen LogP contribution is 2.34. The van der Waals surface area contributed by atoms with Gasteiger partial charge >= 0.3 is 5.97 Å². The number of nitrogens with one attached hydrogen (secondary N) is 1. The van der Waals surface area contributed by atoms with Gasteiger partial charge in [-0.3, -0.25) is 9.69 Å². The smallest absolute Gasteiger partial charge is 0.379 e. The number of hydrogen-bond acceptors (Lipinski definition) is 4. The predicted molar refractivity (Wildman–Crippen MR) is 113 cm³/mol. The Balaban J connectivity index is 2.15. The second-order valence-corrected chi connectivity index (χ2v) is 7.25. The number of halogens is 1. The van der Waals surface area contributed by atoms with Crippen LogP contribution in [0.15, 0.2) is 59.8 Å². The minimum Gasteiger partial charge on any atom is -0.463 e. The highest BCUT2D eigenvalue weighted by molar-refractivity contribution is 7.80. The molecule has 28 heavy (non-hydrogen) atoms. The molecule has 2 aromatic carbocycles. The number of carbonyl (C=O) groups excluding carboxylic acids is 2. The van der Waals surface area contributed by atoms with Crippen LogP contribution >= 0.6 is 23.8 Å². The third kappa shape index (κ3) is 3.79. The third-order valence-corrected chi connectivity index (χ3v) is 5.15. The molecule has 0 aromatic heterocycles. The van der Waals surface area contributed by atoms with Gasteiger partial charge in [0.05, 0.1) is 18.7 Å².